The van der Waals surface area contributed by atoms with Crippen LogP contribution in [0.15, 0.2) is 0 Å². The molecule has 90 valence electrons. The number of nitrogens with one attached hydrogen (secondary N) is 1. The van der Waals surface area contributed by atoms with Crippen LogP contribution in [-0.2, 0) is 9.53 Å². The van der Waals surface area contributed by atoms with Crippen LogP contribution < -0.4 is 5.32 Å². The molecule has 0 saturated carbocycles. The van der Waals surface area contributed by atoms with Gasteiger partial charge >= 0.3 is 5.97 Å². The summed E-state index contributed by atoms with van der Waals surface area (Å²) >= 11 is 0. The Balaban J connectivity index is 3.97. The van der Waals surface area contributed by atoms with Gasteiger partial charge in [0.15, 0.2) is 0 Å². The third-order valence-corrected chi connectivity index (χ3v) is 2.22. The van der Waals surface area contributed by atoms with Crippen molar-refractivity contribution in [2.24, 2.45) is 0 Å². The Morgan fingerprint density at radius 2 is 2.07 bits per heavy atom. The molecule has 2 unspecified atom stereocenters. The molecule has 0 spiro atoms. The molecule has 2 atom stereocenters. The van der Waals surface area contributed by atoms with Gasteiger partial charge in [-0.2, -0.15) is 0 Å². The first-order chi connectivity index (χ1) is 7.15. The standard InChI is InChI=1S/C11H23NO3/c1-4-7-10(11(14)15-6-3)12-8-9(13)5-2/h9-10,12-13H,4-8H2,1-3H3. The molecular formula is C11H23NO3. The van der Waals surface area contributed by atoms with Gasteiger partial charge in [-0.3, -0.25) is 4.79 Å². The second-order valence-corrected chi connectivity index (χ2v) is 3.56. The normalized spacial score (nSPS) is 14.7. The van der Waals surface area contributed by atoms with Crippen LogP contribution in [0.1, 0.15) is 40.0 Å². The van der Waals surface area contributed by atoms with Gasteiger partial charge in [0, 0.05) is 6.54 Å². The van der Waals surface area contributed by atoms with Crippen molar-refractivity contribution in [2.75, 3.05) is 13.2 Å². The molecule has 0 saturated heterocycles. The number of carbonyl (C=O) groups excluding carboxylic acids is 1. The van der Waals surface area contributed by atoms with E-state index in [9.17, 15) is 9.90 Å². The lowest BCUT2D eigenvalue weighted by Gasteiger charge is -2.18. The van der Waals surface area contributed by atoms with Crippen LogP contribution in [0.5, 0.6) is 0 Å². The summed E-state index contributed by atoms with van der Waals surface area (Å²) in [5.74, 6) is -0.220. The summed E-state index contributed by atoms with van der Waals surface area (Å²) in [7, 11) is 0. The second kappa shape index (κ2) is 8.68. The van der Waals surface area contributed by atoms with E-state index in [4.69, 9.17) is 4.74 Å². The van der Waals surface area contributed by atoms with Gasteiger partial charge in [0.25, 0.3) is 0 Å². The van der Waals surface area contributed by atoms with E-state index in [2.05, 4.69) is 5.32 Å². The predicted octanol–water partition coefficient (Wildman–Crippen LogP) is 1.08. The maximum Gasteiger partial charge on any atom is 0.323 e. The van der Waals surface area contributed by atoms with Gasteiger partial charge in [-0.15, -0.1) is 0 Å². The van der Waals surface area contributed by atoms with Gasteiger partial charge in [0.05, 0.1) is 12.7 Å². The highest BCUT2D eigenvalue weighted by Crippen LogP contribution is 2.00. The smallest absolute Gasteiger partial charge is 0.323 e. The van der Waals surface area contributed by atoms with E-state index in [0.29, 0.717) is 19.6 Å². The first-order valence-electron chi connectivity index (χ1n) is 5.73. The molecule has 4 nitrogen and oxygen atoms in total. The molecule has 0 aromatic rings. The van der Waals surface area contributed by atoms with Crippen LogP contribution in [0.2, 0.25) is 0 Å². The second-order valence-electron chi connectivity index (χ2n) is 3.56. The molecule has 0 heterocycles. The van der Waals surface area contributed by atoms with E-state index >= 15 is 0 Å². The molecule has 0 bridgehead atoms. The third-order valence-electron chi connectivity index (χ3n) is 2.22. The molecule has 0 aliphatic rings. The zero-order valence-electron chi connectivity index (χ0n) is 9.95. The fourth-order valence-corrected chi connectivity index (χ4v) is 1.26. The monoisotopic (exact) mass is 217 g/mol. The molecule has 0 fully saturated rings. The van der Waals surface area contributed by atoms with Gasteiger partial charge in [0.2, 0.25) is 0 Å². The van der Waals surface area contributed by atoms with Crippen LogP contribution in [0.3, 0.4) is 0 Å². The first-order valence-corrected chi connectivity index (χ1v) is 5.73. The molecule has 2 N–H and O–H groups in total. The zero-order chi connectivity index (χ0) is 11.7. The van der Waals surface area contributed by atoms with E-state index in [0.717, 1.165) is 12.8 Å². The maximum absolute atomic E-state index is 11.5. The van der Waals surface area contributed by atoms with Crippen LogP contribution in [0, 0.1) is 0 Å². The Morgan fingerprint density at radius 1 is 1.40 bits per heavy atom. The fraction of sp³-hybridized carbons (Fsp3) is 0.909. The van der Waals surface area contributed by atoms with Crippen molar-refractivity contribution in [1.82, 2.24) is 5.32 Å². The van der Waals surface area contributed by atoms with E-state index in [1.54, 1.807) is 6.92 Å². The highest BCUT2D eigenvalue weighted by Gasteiger charge is 2.18. The predicted molar refractivity (Wildman–Crippen MR) is 59.6 cm³/mol. The summed E-state index contributed by atoms with van der Waals surface area (Å²) in [6.45, 7) is 6.56. The number of esters is 1. The minimum absolute atomic E-state index is 0.220. The highest BCUT2D eigenvalue weighted by atomic mass is 16.5. The summed E-state index contributed by atoms with van der Waals surface area (Å²) in [6.07, 6.45) is 1.96. The Kier molecular flexibility index (Phi) is 8.33. The van der Waals surface area contributed by atoms with Crippen molar-refractivity contribution in [1.29, 1.82) is 0 Å². The minimum atomic E-state index is -0.390. The summed E-state index contributed by atoms with van der Waals surface area (Å²) in [4.78, 5) is 11.5. The van der Waals surface area contributed by atoms with Crippen molar-refractivity contribution in [3.05, 3.63) is 0 Å². The molecule has 0 aromatic heterocycles. The Hall–Kier alpha value is -0.610. The zero-order valence-corrected chi connectivity index (χ0v) is 9.95. The molecule has 15 heavy (non-hydrogen) atoms. The van der Waals surface area contributed by atoms with Crippen LogP contribution >= 0.6 is 0 Å². The van der Waals surface area contributed by atoms with Crippen LogP contribution in [-0.4, -0.2) is 36.4 Å². The summed E-state index contributed by atoms with van der Waals surface area (Å²) in [6, 6.07) is -0.281. The molecule has 0 aromatic carbocycles. The SMILES string of the molecule is CCCC(NCC(O)CC)C(=O)OCC. The Morgan fingerprint density at radius 3 is 2.53 bits per heavy atom. The van der Waals surface area contributed by atoms with Gasteiger partial charge < -0.3 is 15.2 Å². The number of rotatable bonds is 8. The van der Waals surface area contributed by atoms with Crippen molar-refractivity contribution >= 4 is 5.97 Å². The minimum Gasteiger partial charge on any atom is -0.465 e. The number of aliphatic hydroxyl groups excluding tert-OH is 1. The number of hydrogen-bond donors (Lipinski definition) is 2. The highest BCUT2D eigenvalue weighted by molar-refractivity contribution is 5.75. The molecule has 0 aliphatic heterocycles. The van der Waals surface area contributed by atoms with Gasteiger partial charge in [-0.05, 0) is 19.8 Å². The van der Waals surface area contributed by atoms with Gasteiger partial charge in [0.1, 0.15) is 6.04 Å². The van der Waals surface area contributed by atoms with E-state index in [1.165, 1.54) is 0 Å². The molecule has 0 rings (SSSR count). The molecule has 0 aliphatic carbocycles. The lowest BCUT2D eigenvalue weighted by atomic mass is 10.1. The van der Waals surface area contributed by atoms with Crippen LogP contribution in [0.4, 0.5) is 0 Å². The average Bonchev–Trinajstić information content (AvgIpc) is 2.23. The van der Waals surface area contributed by atoms with E-state index in [1.807, 2.05) is 13.8 Å². The maximum atomic E-state index is 11.5. The lowest BCUT2D eigenvalue weighted by Crippen LogP contribution is -2.41. The summed E-state index contributed by atoms with van der Waals surface area (Å²) in [5.41, 5.74) is 0. The van der Waals surface area contributed by atoms with E-state index < -0.39 is 6.10 Å². The molecular weight excluding hydrogens is 194 g/mol. The van der Waals surface area contributed by atoms with Gasteiger partial charge in [-0.1, -0.05) is 20.3 Å². The van der Waals surface area contributed by atoms with Crippen molar-refractivity contribution < 1.29 is 14.6 Å². The van der Waals surface area contributed by atoms with Crippen molar-refractivity contribution in [3.8, 4) is 0 Å². The number of hydrogen-bond acceptors (Lipinski definition) is 4. The molecule has 0 amide bonds. The number of carbonyl (C=O) groups is 1. The third kappa shape index (κ3) is 6.47. The Bertz CT molecular complexity index is 173. The average molecular weight is 217 g/mol. The number of aliphatic hydroxyl groups is 1. The summed E-state index contributed by atoms with van der Waals surface area (Å²) < 4.78 is 4.94. The Labute approximate surface area is 92.0 Å². The van der Waals surface area contributed by atoms with Crippen molar-refractivity contribution in [2.45, 2.75) is 52.2 Å². The van der Waals surface area contributed by atoms with Crippen LogP contribution in [0.25, 0.3) is 0 Å². The molecule has 0 radical (unpaired) electrons. The first kappa shape index (κ1) is 14.4. The largest absolute Gasteiger partial charge is 0.465 e. The lowest BCUT2D eigenvalue weighted by molar-refractivity contribution is -0.146. The molecule has 4 heteroatoms. The fourth-order valence-electron chi connectivity index (χ4n) is 1.26. The van der Waals surface area contributed by atoms with E-state index in [-0.39, 0.29) is 12.0 Å². The topological polar surface area (TPSA) is 58.6 Å². The van der Waals surface area contributed by atoms with Gasteiger partial charge in [-0.25, -0.2) is 0 Å². The van der Waals surface area contributed by atoms with Crippen molar-refractivity contribution in [3.63, 3.8) is 0 Å². The quantitative estimate of drug-likeness (QED) is 0.597. The number of ether oxygens (including phenoxy) is 1. The summed E-state index contributed by atoms with van der Waals surface area (Å²) in [5, 5.41) is 12.4.